The molecule has 12 heteroatoms. The van der Waals surface area contributed by atoms with E-state index < -0.39 is 15.6 Å². The lowest BCUT2D eigenvalue weighted by Gasteiger charge is -2.18. The highest BCUT2D eigenvalue weighted by molar-refractivity contribution is 9.11. The fourth-order valence-electron chi connectivity index (χ4n) is 3.04. The van der Waals surface area contributed by atoms with Crippen molar-refractivity contribution in [3.05, 3.63) is 67.2 Å². The van der Waals surface area contributed by atoms with E-state index in [1.165, 1.54) is 36.1 Å². The Labute approximate surface area is 203 Å². The molecular weight excluding hydrogens is 586 g/mol. The zero-order valence-electron chi connectivity index (χ0n) is 16.2. The van der Waals surface area contributed by atoms with Gasteiger partial charge in [0.05, 0.1) is 26.3 Å². The molecule has 164 valence electrons. The molecule has 1 amide bonds. The number of sulfonamides is 1. The van der Waals surface area contributed by atoms with Crippen LogP contribution in [-0.2, 0) is 14.8 Å². The van der Waals surface area contributed by atoms with E-state index in [1.54, 1.807) is 17.5 Å². The number of carbonyl (C=O) groups is 1. The van der Waals surface area contributed by atoms with Crippen LogP contribution in [0.4, 0.5) is 10.8 Å². The van der Waals surface area contributed by atoms with E-state index in [0.29, 0.717) is 32.0 Å². The lowest BCUT2D eigenvalue weighted by molar-refractivity contribution is -0.115. The normalized spacial score (nSPS) is 11.6. The molecule has 2 N–H and O–H groups in total. The van der Waals surface area contributed by atoms with Gasteiger partial charge in [-0.3, -0.25) is 9.69 Å². The number of fused-ring (bicyclic) bond motifs is 1. The summed E-state index contributed by atoms with van der Waals surface area (Å²) in [6, 6.07) is 10.8. The molecule has 2 heterocycles. The van der Waals surface area contributed by atoms with Gasteiger partial charge in [0.2, 0.25) is 15.9 Å². The second kappa shape index (κ2) is 8.52. The van der Waals surface area contributed by atoms with Crippen molar-refractivity contribution in [3.8, 4) is 11.3 Å². The smallest absolute Gasteiger partial charge is 0.345 e. The average Bonchev–Trinajstić information content (AvgIpc) is 3.17. The highest BCUT2D eigenvalue weighted by atomic mass is 79.9. The van der Waals surface area contributed by atoms with E-state index in [1.807, 2.05) is 6.07 Å². The number of hydrogen-bond acceptors (Lipinski definition) is 7. The standard InChI is InChI=1S/C20H13Br2N3O5S2/c1-10(26)25(13-2-4-14(5-3-13)32(23,28)29)20-24-17(9-31-20)15-7-11-6-12(21)8-16(22)18(11)30-19(15)27/h2-9H,1H3,(H2,23,28,29). The van der Waals surface area contributed by atoms with Crippen LogP contribution < -0.4 is 15.7 Å². The van der Waals surface area contributed by atoms with E-state index in [-0.39, 0.29) is 16.4 Å². The number of anilines is 2. The summed E-state index contributed by atoms with van der Waals surface area (Å²) in [6.07, 6.45) is 0. The van der Waals surface area contributed by atoms with Crippen molar-refractivity contribution in [2.24, 2.45) is 5.14 Å². The van der Waals surface area contributed by atoms with E-state index in [0.717, 1.165) is 15.8 Å². The van der Waals surface area contributed by atoms with Crippen LogP contribution >= 0.6 is 43.2 Å². The van der Waals surface area contributed by atoms with Crippen LogP contribution in [0.1, 0.15) is 6.92 Å². The first kappa shape index (κ1) is 22.8. The number of primary sulfonamides is 1. The third-order valence-corrected chi connectivity index (χ3v) is 7.25. The number of nitrogens with two attached hydrogens (primary N) is 1. The maximum atomic E-state index is 12.6. The number of amides is 1. The third kappa shape index (κ3) is 4.41. The zero-order chi connectivity index (χ0) is 23.2. The molecule has 0 aliphatic rings. The summed E-state index contributed by atoms with van der Waals surface area (Å²) in [5.74, 6) is -0.340. The van der Waals surface area contributed by atoms with E-state index >= 15 is 0 Å². The Hall–Kier alpha value is -2.38. The van der Waals surface area contributed by atoms with E-state index in [9.17, 15) is 18.0 Å². The fraction of sp³-hybridized carbons (Fsp3) is 0.0500. The maximum Gasteiger partial charge on any atom is 0.345 e. The number of rotatable bonds is 4. The van der Waals surface area contributed by atoms with Crippen molar-refractivity contribution in [2.75, 3.05) is 4.90 Å². The molecule has 0 saturated heterocycles. The van der Waals surface area contributed by atoms with Crippen LogP contribution in [0.5, 0.6) is 0 Å². The minimum absolute atomic E-state index is 0.0735. The Bertz CT molecular complexity index is 1530. The Morgan fingerprint density at radius 2 is 1.84 bits per heavy atom. The molecule has 0 saturated carbocycles. The minimum atomic E-state index is -3.86. The Balaban J connectivity index is 1.77. The zero-order valence-corrected chi connectivity index (χ0v) is 21.0. The van der Waals surface area contributed by atoms with Gasteiger partial charge in [-0.15, -0.1) is 11.3 Å². The van der Waals surface area contributed by atoms with Crippen LogP contribution in [-0.4, -0.2) is 19.3 Å². The molecule has 32 heavy (non-hydrogen) atoms. The molecule has 0 aliphatic heterocycles. The van der Waals surface area contributed by atoms with Gasteiger partial charge in [-0.05, 0) is 58.4 Å². The number of carbonyl (C=O) groups excluding carboxylic acids is 1. The minimum Gasteiger partial charge on any atom is -0.421 e. The molecule has 0 unspecified atom stereocenters. The number of halogens is 2. The van der Waals surface area contributed by atoms with Crippen LogP contribution in [0.15, 0.2) is 70.9 Å². The van der Waals surface area contributed by atoms with Crippen molar-refractivity contribution in [3.63, 3.8) is 0 Å². The topological polar surface area (TPSA) is 124 Å². The van der Waals surface area contributed by atoms with Gasteiger partial charge in [-0.25, -0.2) is 23.3 Å². The molecular formula is C20H13Br2N3O5S2. The second-order valence-corrected chi connectivity index (χ2v) is 10.8. The van der Waals surface area contributed by atoms with Gasteiger partial charge in [0.1, 0.15) is 0 Å². The highest BCUT2D eigenvalue weighted by Crippen LogP contribution is 2.34. The molecule has 0 bridgehead atoms. The largest absolute Gasteiger partial charge is 0.421 e. The first-order chi connectivity index (χ1) is 15.0. The maximum absolute atomic E-state index is 12.6. The van der Waals surface area contributed by atoms with Crippen LogP contribution in [0, 0.1) is 0 Å². The molecule has 0 fully saturated rings. The van der Waals surface area contributed by atoms with Crippen molar-refractivity contribution in [1.29, 1.82) is 0 Å². The molecule has 2 aromatic carbocycles. The van der Waals surface area contributed by atoms with E-state index in [2.05, 4.69) is 36.8 Å². The van der Waals surface area contributed by atoms with Crippen LogP contribution in [0.25, 0.3) is 22.2 Å². The van der Waals surface area contributed by atoms with Crippen molar-refractivity contribution >= 4 is 80.9 Å². The van der Waals surface area contributed by atoms with Crippen molar-refractivity contribution < 1.29 is 17.6 Å². The summed E-state index contributed by atoms with van der Waals surface area (Å²) >= 11 is 7.95. The average molecular weight is 599 g/mol. The summed E-state index contributed by atoms with van der Waals surface area (Å²) in [4.78, 5) is 30.7. The van der Waals surface area contributed by atoms with Gasteiger partial charge in [0, 0.05) is 22.2 Å². The van der Waals surface area contributed by atoms with Crippen molar-refractivity contribution in [1.82, 2.24) is 4.98 Å². The number of nitrogens with zero attached hydrogens (tertiary/aromatic N) is 2. The molecule has 4 aromatic rings. The quantitative estimate of drug-likeness (QED) is 0.337. The predicted molar refractivity (Wildman–Crippen MR) is 130 cm³/mol. The van der Waals surface area contributed by atoms with E-state index in [4.69, 9.17) is 9.56 Å². The monoisotopic (exact) mass is 597 g/mol. The Morgan fingerprint density at radius 1 is 1.16 bits per heavy atom. The predicted octanol–water partition coefficient (Wildman–Crippen LogP) is 4.77. The van der Waals surface area contributed by atoms with Gasteiger partial charge in [0.15, 0.2) is 10.7 Å². The molecule has 4 rings (SSSR count). The first-order valence-electron chi connectivity index (χ1n) is 8.87. The van der Waals surface area contributed by atoms with Gasteiger partial charge in [-0.2, -0.15) is 0 Å². The summed E-state index contributed by atoms with van der Waals surface area (Å²) in [5.41, 5.74) is 0.855. The fourth-order valence-corrected chi connectivity index (χ4v) is 5.78. The van der Waals surface area contributed by atoms with Gasteiger partial charge < -0.3 is 4.42 Å². The van der Waals surface area contributed by atoms with Gasteiger partial charge in [0.25, 0.3) is 0 Å². The third-order valence-electron chi connectivity index (χ3n) is 4.45. The number of thiazole rings is 1. The van der Waals surface area contributed by atoms with Crippen LogP contribution in [0.3, 0.4) is 0 Å². The lowest BCUT2D eigenvalue weighted by atomic mass is 10.1. The lowest BCUT2D eigenvalue weighted by Crippen LogP contribution is -2.22. The molecule has 8 nitrogen and oxygen atoms in total. The van der Waals surface area contributed by atoms with Crippen LogP contribution in [0.2, 0.25) is 0 Å². The Kier molecular flexibility index (Phi) is 6.07. The first-order valence-corrected chi connectivity index (χ1v) is 12.9. The summed E-state index contributed by atoms with van der Waals surface area (Å²) in [7, 11) is -3.86. The van der Waals surface area contributed by atoms with Crippen molar-refractivity contribution in [2.45, 2.75) is 11.8 Å². The second-order valence-electron chi connectivity index (χ2n) is 6.66. The number of hydrogen-bond donors (Lipinski definition) is 1. The van der Waals surface area contributed by atoms with Gasteiger partial charge in [-0.1, -0.05) is 15.9 Å². The summed E-state index contributed by atoms with van der Waals surface area (Å²) < 4.78 is 29.9. The molecule has 0 atom stereocenters. The summed E-state index contributed by atoms with van der Waals surface area (Å²) in [5, 5.41) is 7.78. The number of aromatic nitrogens is 1. The molecule has 0 spiro atoms. The SMILES string of the molecule is CC(=O)N(c1ccc(S(N)(=O)=O)cc1)c1nc(-c2cc3cc(Br)cc(Br)c3oc2=O)cs1. The molecule has 0 radical (unpaired) electrons. The molecule has 2 aromatic heterocycles. The van der Waals surface area contributed by atoms with Gasteiger partial charge >= 0.3 is 5.63 Å². The number of benzene rings is 2. The highest BCUT2D eigenvalue weighted by Gasteiger charge is 2.21. The molecule has 0 aliphatic carbocycles. The Morgan fingerprint density at radius 3 is 2.47 bits per heavy atom. The summed E-state index contributed by atoms with van der Waals surface area (Å²) in [6.45, 7) is 1.36.